The molecule has 0 aliphatic heterocycles. The molecule has 0 aromatic carbocycles. The number of hydrogen-bond acceptors (Lipinski definition) is 2. The lowest BCUT2D eigenvalue weighted by Gasteiger charge is -1.85. The van der Waals surface area contributed by atoms with Gasteiger partial charge in [0.05, 0.1) is 5.38 Å². The van der Waals surface area contributed by atoms with Gasteiger partial charge in [-0.2, -0.15) is 11.3 Å². The normalized spacial score (nSPS) is 10.3. The Morgan fingerprint density at radius 3 is 2.91 bits per heavy atom. The first-order chi connectivity index (χ1) is 5.36. The first-order valence-corrected chi connectivity index (χ1v) is 5.13. The van der Waals surface area contributed by atoms with Crippen molar-refractivity contribution in [2.75, 3.05) is 0 Å². The summed E-state index contributed by atoms with van der Waals surface area (Å²) >= 11 is 3.41. The monoisotopic (exact) mass is 179 g/mol. The molecule has 0 bridgehead atoms. The van der Waals surface area contributed by atoms with Crippen LogP contribution in [0, 0.1) is 12.3 Å². The van der Waals surface area contributed by atoms with E-state index in [9.17, 15) is 0 Å². The molecular formula is C9H7S2. The maximum atomic E-state index is 3.26. The first-order valence-electron chi connectivity index (χ1n) is 3.37. The Morgan fingerprint density at radius 1 is 1.45 bits per heavy atom. The molecule has 0 saturated heterocycles. The summed E-state index contributed by atoms with van der Waals surface area (Å²) in [4.78, 5) is 1.33. The number of rotatable bonds is 1. The Bertz CT molecular complexity index is 330. The summed E-state index contributed by atoms with van der Waals surface area (Å²) in [5.74, 6) is 0. The Kier molecular flexibility index (Phi) is 1.80. The molecule has 0 amide bonds. The average Bonchev–Trinajstić information content (AvgIpc) is 2.55. The van der Waals surface area contributed by atoms with Gasteiger partial charge in [0, 0.05) is 10.4 Å². The lowest BCUT2D eigenvalue weighted by molar-refractivity contribution is 1.63. The summed E-state index contributed by atoms with van der Waals surface area (Å²) < 4.78 is 0. The molecule has 0 spiro atoms. The van der Waals surface area contributed by atoms with E-state index in [1.807, 2.05) is 0 Å². The summed E-state index contributed by atoms with van der Waals surface area (Å²) in [6.45, 7) is 2.11. The second-order valence-corrected chi connectivity index (χ2v) is 4.22. The first kappa shape index (κ1) is 7.07. The highest BCUT2D eigenvalue weighted by molar-refractivity contribution is 7.10. The van der Waals surface area contributed by atoms with Gasteiger partial charge in [-0.25, -0.2) is 0 Å². The van der Waals surface area contributed by atoms with Crippen LogP contribution in [0.3, 0.4) is 0 Å². The zero-order valence-electron chi connectivity index (χ0n) is 6.13. The summed E-state index contributed by atoms with van der Waals surface area (Å²) in [6.07, 6.45) is 0. The van der Waals surface area contributed by atoms with Gasteiger partial charge in [-0.15, -0.1) is 11.3 Å². The van der Waals surface area contributed by atoms with E-state index in [2.05, 4.69) is 35.2 Å². The Hall–Kier alpha value is -0.600. The molecule has 0 aliphatic rings. The van der Waals surface area contributed by atoms with Crippen molar-refractivity contribution in [1.29, 1.82) is 0 Å². The molecule has 0 aliphatic carbocycles. The zero-order chi connectivity index (χ0) is 7.68. The molecule has 0 unspecified atom stereocenters. The van der Waals surface area contributed by atoms with E-state index >= 15 is 0 Å². The highest BCUT2D eigenvalue weighted by Crippen LogP contribution is 2.25. The van der Waals surface area contributed by atoms with Gasteiger partial charge < -0.3 is 0 Å². The second kappa shape index (κ2) is 2.80. The summed E-state index contributed by atoms with van der Waals surface area (Å²) in [5, 5.41) is 7.50. The molecule has 2 heteroatoms. The molecule has 2 heterocycles. The van der Waals surface area contributed by atoms with Crippen LogP contribution in [0.25, 0.3) is 11.1 Å². The van der Waals surface area contributed by atoms with Crippen LogP contribution in [0.5, 0.6) is 0 Å². The van der Waals surface area contributed by atoms with E-state index in [0.29, 0.717) is 0 Å². The standard InChI is InChI=1S/C9H7S2/c1-7-4-9(6-11-7)8-2-3-10-5-8/h2-5H,1H3. The maximum Gasteiger partial charge on any atom is 0.0530 e. The predicted octanol–water partition coefficient (Wildman–Crippen LogP) is 3.59. The van der Waals surface area contributed by atoms with Crippen molar-refractivity contribution in [2.45, 2.75) is 6.92 Å². The number of aryl methyl sites for hydroxylation is 1. The molecule has 1 radical (unpaired) electrons. The smallest absolute Gasteiger partial charge is 0.0530 e. The van der Waals surface area contributed by atoms with Gasteiger partial charge in [-0.05, 0) is 35.4 Å². The predicted molar refractivity (Wildman–Crippen MR) is 51.2 cm³/mol. The van der Waals surface area contributed by atoms with Crippen LogP contribution in [0.1, 0.15) is 4.88 Å². The topological polar surface area (TPSA) is 0 Å². The molecule has 0 fully saturated rings. The van der Waals surface area contributed by atoms with Crippen LogP contribution in [-0.4, -0.2) is 0 Å². The molecule has 2 rings (SSSR count). The minimum Gasteiger partial charge on any atom is -0.152 e. The quantitative estimate of drug-likeness (QED) is 0.627. The fraction of sp³-hybridized carbons (Fsp3) is 0.111. The van der Waals surface area contributed by atoms with Crippen molar-refractivity contribution in [2.24, 2.45) is 0 Å². The zero-order valence-corrected chi connectivity index (χ0v) is 7.76. The van der Waals surface area contributed by atoms with Gasteiger partial charge >= 0.3 is 0 Å². The van der Waals surface area contributed by atoms with Crippen LogP contribution in [0.2, 0.25) is 0 Å². The summed E-state index contributed by atoms with van der Waals surface area (Å²) in [7, 11) is 0. The van der Waals surface area contributed by atoms with E-state index in [4.69, 9.17) is 0 Å². The van der Waals surface area contributed by atoms with Gasteiger partial charge in [-0.1, -0.05) is 0 Å². The average molecular weight is 179 g/mol. The van der Waals surface area contributed by atoms with Gasteiger partial charge in [0.25, 0.3) is 0 Å². The second-order valence-electron chi connectivity index (χ2n) is 2.38. The third kappa shape index (κ3) is 1.37. The highest BCUT2D eigenvalue weighted by Gasteiger charge is 1.99. The molecule has 2 aromatic rings. The van der Waals surface area contributed by atoms with Crippen molar-refractivity contribution in [1.82, 2.24) is 0 Å². The SMILES string of the molecule is Cc1cc(-c2ccsc2)[c]s1. The van der Waals surface area contributed by atoms with Crippen LogP contribution in [0.4, 0.5) is 0 Å². The minimum absolute atomic E-state index is 1.23. The molecule has 11 heavy (non-hydrogen) atoms. The van der Waals surface area contributed by atoms with E-state index < -0.39 is 0 Å². The van der Waals surface area contributed by atoms with Crippen LogP contribution < -0.4 is 0 Å². The minimum atomic E-state index is 1.23. The van der Waals surface area contributed by atoms with Gasteiger partial charge in [0.15, 0.2) is 0 Å². The molecular weight excluding hydrogens is 172 g/mol. The van der Waals surface area contributed by atoms with E-state index in [1.54, 1.807) is 22.7 Å². The van der Waals surface area contributed by atoms with Crippen LogP contribution in [-0.2, 0) is 0 Å². The molecule has 55 valence electrons. The van der Waals surface area contributed by atoms with Crippen molar-refractivity contribution in [3.63, 3.8) is 0 Å². The Balaban J connectivity index is 2.45. The third-order valence-corrected chi connectivity index (χ3v) is 2.95. The summed E-state index contributed by atoms with van der Waals surface area (Å²) in [5.41, 5.74) is 2.52. The molecule has 0 nitrogen and oxygen atoms in total. The Morgan fingerprint density at radius 2 is 2.36 bits per heavy atom. The van der Waals surface area contributed by atoms with Gasteiger partial charge in [-0.3, -0.25) is 0 Å². The van der Waals surface area contributed by atoms with E-state index in [0.717, 1.165) is 0 Å². The van der Waals surface area contributed by atoms with Crippen molar-refractivity contribution >= 4 is 22.7 Å². The van der Waals surface area contributed by atoms with Crippen molar-refractivity contribution < 1.29 is 0 Å². The van der Waals surface area contributed by atoms with Gasteiger partial charge in [0.1, 0.15) is 0 Å². The fourth-order valence-electron chi connectivity index (χ4n) is 0.958. The third-order valence-electron chi connectivity index (χ3n) is 1.50. The largest absolute Gasteiger partial charge is 0.152 e. The van der Waals surface area contributed by atoms with E-state index in [-0.39, 0.29) is 0 Å². The van der Waals surface area contributed by atoms with Gasteiger partial charge in [0.2, 0.25) is 0 Å². The highest BCUT2D eigenvalue weighted by atomic mass is 32.1. The maximum absolute atomic E-state index is 3.26. The molecule has 0 atom stereocenters. The summed E-state index contributed by atoms with van der Waals surface area (Å²) in [6, 6.07) is 4.30. The lowest BCUT2D eigenvalue weighted by atomic mass is 10.2. The van der Waals surface area contributed by atoms with Crippen LogP contribution in [0.15, 0.2) is 22.9 Å². The Labute approximate surface area is 74.1 Å². The molecule has 0 saturated carbocycles. The van der Waals surface area contributed by atoms with Crippen LogP contribution >= 0.6 is 22.7 Å². The van der Waals surface area contributed by atoms with Crippen molar-refractivity contribution in [3.8, 4) is 11.1 Å². The fourth-order valence-corrected chi connectivity index (χ4v) is 2.24. The lowest BCUT2D eigenvalue weighted by Crippen LogP contribution is -1.63. The number of thiophene rings is 2. The number of hydrogen-bond donors (Lipinski definition) is 0. The van der Waals surface area contributed by atoms with E-state index in [1.165, 1.54) is 16.0 Å². The van der Waals surface area contributed by atoms with Crippen molar-refractivity contribution in [3.05, 3.63) is 33.2 Å². The molecule has 2 aromatic heterocycles. The molecule has 0 N–H and O–H groups in total.